The quantitative estimate of drug-likeness (QED) is 0.807. The van der Waals surface area contributed by atoms with Crippen LogP contribution in [0.1, 0.15) is 32.6 Å². The smallest absolute Gasteiger partial charge is 0.162 e. The number of benzene rings is 1. The highest BCUT2D eigenvalue weighted by Crippen LogP contribution is 2.35. The molecule has 0 spiro atoms. The van der Waals surface area contributed by atoms with Crippen LogP contribution in [0.25, 0.3) is 11.1 Å². The van der Waals surface area contributed by atoms with Gasteiger partial charge in [0.1, 0.15) is 0 Å². The van der Waals surface area contributed by atoms with Crippen LogP contribution in [-0.4, -0.2) is 17.8 Å². The number of aromatic nitrogens is 1. The van der Waals surface area contributed by atoms with Gasteiger partial charge in [-0.25, -0.2) is 0 Å². The summed E-state index contributed by atoms with van der Waals surface area (Å²) in [6.07, 6.45) is 9.46. The zero-order chi connectivity index (χ0) is 14.7. The highest BCUT2D eigenvalue weighted by Gasteiger charge is 2.18. The summed E-state index contributed by atoms with van der Waals surface area (Å²) in [5, 5.41) is 0. The molecule has 1 saturated carbocycles. The van der Waals surface area contributed by atoms with Crippen LogP contribution < -0.4 is 9.47 Å². The van der Waals surface area contributed by atoms with Gasteiger partial charge in [-0.15, -0.1) is 0 Å². The Morgan fingerprint density at radius 2 is 1.90 bits per heavy atom. The van der Waals surface area contributed by atoms with Crippen LogP contribution >= 0.6 is 0 Å². The van der Waals surface area contributed by atoms with Crippen LogP contribution in [0.5, 0.6) is 11.5 Å². The molecule has 1 aliphatic carbocycles. The number of methoxy groups -OCH3 is 1. The van der Waals surface area contributed by atoms with Gasteiger partial charge in [-0.2, -0.15) is 0 Å². The molecule has 3 heteroatoms. The van der Waals surface area contributed by atoms with E-state index in [1.165, 1.54) is 24.0 Å². The van der Waals surface area contributed by atoms with E-state index in [4.69, 9.17) is 9.47 Å². The second kappa shape index (κ2) is 6.25. The third kappa shape index (κ3) is 3.07. The second-order valence-electron chi connectivity index (χ2n) is 5.62. The number of nitrogens with zero attached hydrogens (tertiary/aromatic N) is 1. The van der Waals surface area contributed by atoms with Gasteiger partial charge in [0.15, 0.2) is 11.5 Å². The molecule has 21 heavy (non-hydrogen) atoms. The van der Waals surface area contributed by atoms with E-state index < -0.39 is 0 Å². The molecule has 1 fully saturated rings. The van der Waals surface area contributed by atoms with E-state index in [9.17, 15) is 0 Å². The molecule has 0 amide bonds. The summed E-state index contributed by atoms with van der Waals surface area (Å²) >= 11 is 0. The van der Waals surface area contributed by atoms with Gasteiger partial charge < -0.3 is 14.0 Å². The number of aryl methyl sites for hydroxylation is 1. The van der Waals surface area contributed by atoms with Crippen LogP contribution in [0.2, 0.25) is 0 Å². The predicted octanol–water partition coefficient (Wildman–Crippen LogP) is 4.51. The maximum Gasteiger partial charge on any atom is 0.162 e. The van der Waals surface area contributed by atoms with E-state index in [1.54, 1.807) is 7.11 Å². The Bertz CT molecular complexity index is 597. The fraction of sp³-hybridized carbons (Fsp3) is 0.444. The van der Waals surface area contributed by atoms with Gasteiger partial charge in [-0.3, -0.25) is 0 Å². The highest BCUT2D eigenvalue weighted by atomic mass is 16.5. The molecule has 0 unspecified atom stereocenters. The minimum atomic E-state index is 0.342. The Kier molecular flexibility index (Phi) is 4.18. The predicted molar refractivity (Wildman–Crippen MR) is 85.0 cm³/mol. The molecule has 0 aliphatic heterocycles. The van der Waals surface area contributed by atoms with Gasteiger partial charge in [0.2, 0.25) is 0 Å². The summed E-state index contributed by atoms with van der Waals surface area (Å²) in [6, 6.07) is 8.34. The molecule has 0 radical (unpaired) electrons. The van der Waals surface area contributed by atoms with Gasteiger partial charge >= 0.3 is 0 Å². The van der Waals surface area contributed by atoms with Crippen molar-refractivity contribution in [3.05, 3.63) is 36.7 Å². The van der Waals surface area contributed by atoms with Crippen molar-refractivity contribution >= 4 is 0 Å². The second-order valence-corrected chi connectivity index (χ2v) is 5.62. The standard InChI is InChI=1S/C18H23NO2/c1-3-19-11-10-15(13-19)14-8-9-17(20-2)18(12-14)21-16-6-4-5-7-16/h8-13,16H,3-7H2,1-2H3. The lowest BCUT2D eigenvalue weighted by molar-refractivity contribution is 0.201. The van der Waals surface area contributed by atoms with E-state index in [0.29, 0.717) is 6.10 Å². The largest absolute Gasteiger partial charge is 0.493 e. The van der Waals surface area contributed by atoms with Crippen molar-refractivity contribution in [2.75, 3.05) is 7.11 Å². The van der Waals surface area contributed by atoms with Gasteiger partial charge in [0.25, 0.3) is 0 Å². The molecule has 3 rings (SSSR count). The lowest BCUT2D eigenvalue weighted by atomic mass is 10.1. The van der Waals surface area contributed by atoms with Gasteiger partial charge in [0, 0.05) is 18.9 Å². The molecule has 3 nitrogen and oxygen atoms in total. The minimum absolute atomic E-state index is 0.342. The van der Waals surface area contributed by atoms with Crippen molar-refractivity contribution in [2.45, 2.75) is 45.3 Å². The van der Waals surface area contributed by atoms with Crippen LogP contribution in [0.4, 0.5) is 0 Å². The SMILES string of the molecule is CCn1ccc(-c2ccc(OC)c(OC3CCCC3)c2)c1. The van der Waals surface area contributed by atoms with Crippen molar-refractivity contribution in [1.82, 2.24) is 4.57 Å². The van der Waals surface area contributed by atoms with E-state index in [1.807, 2.05) is 6.07 Å². The molecule has 112 valence electrons. The molecule has 1 aromatic heterocycles. The molecule has 0 atom stereocenters. The average molecular weight is 285 g/mol. The number of rotatable bonds is 5. The van der Waals surface area contributed by atoms with Crippen LogP contribution in [0, 0.1) is 0 Å². The molecular weight excluding hydrogens is 262 g/mol. The zero-order valence-electron chi connectivity index (χ0n) is 12.8. The Labute approximate surface area is 126 Å². The summed E-state index contributed by atoms with van der Waals surface area (Å²) in [5.41, 5.74) is 2.40. The Morgan fingerprint density at radius 1 is 1.10 bits per heavy atom. The fourth-order valence-corrected chi connectivity index (χ4v) is 2.94. The van der Waals surface area contributed by atoms with Crippen molar-refractivity contribution in [3.63, 3.8) is 0 Å². The van der Waals surface area contributed by atoms with E-state index in [2.05, 4.69) is 42.1 Å². The lowest BCUT2D eigenvalue weighted by Gasteiger charge is -2.16. The molecule has 0 N–H and O–H groups in total. The minimum Gasteiger partial charge on any atom is -0.493 e. The Balaban J connectivity index is 1.87. The van der Waals surface area contributed by atoms with E-state index in [0.717, 1.165) is 30.9 Å². The van der Waals surface area contributed by atoms with Crippen LogP contribution in [0.3, 0.4) is 0 Å². The first-order chi connectivity index (χ1) is 10.3. The summed E-state index contributed by atoms with van der Waals surface area (Å²) in [6.45, 7) is 3.13. The highest BCUT2D eigenvalue weighted by molar-refractivity contribution is 5.66. The van der Waals surface area contributed by atoms with Crippen LogP contribution in [0.15, 0.2) is 36.7 Å². The summed E-state index contributed by atoms with van der Waals surface area (Å²) in [5.74, 6) is 1.69. The molecule has 1 aromatic carbocycles. The van der Waals surface area contributed by atoms with Crippen molar-refractivity contribution in [1.29, 1.82) is 0 Å². The number of ether oxygens (including phenoxy) is 2. The normalized spacial score (nSPS) is 15.3. The molecule has 0 bridgehead atoms. The molecule has 1 aliphatic rings. The summed E-state index contributed by atoms with van der Waals surface area (Å²) in [7, 11) is 1.70. The van der Waals surface area contributed by atoms with Gasteiger partial charge in [0.05, 0.1) is 13.2 Å². The molecular formula is C18H23NO2. The van der Waals surface area contributed by atoms with Crippen molar-refractivity contribution in [2.24, 2.45) is 0 Å². The maximum absolute atomic E-state index is 6.16. The fourth-order valence-electron chi connectivity index (χ4n) is 2.94. The Hall–Kier alpha value is -1.90. The van der Waals surface area contributed by atoms with E-state index >= 15 is 0 Å². The zero-order valence-corrected chi connectivity index (χ0v) is 12.8. The first-order valence-electron chi connectivity index (χ1n) is 7.81. The van der Waals surface area contributed by atoms with Gasteiger partial charge in [-0.05, 0) is 61.9 Å². The number of hydrogen-bond donors (Lipinski definition) is 0. The van der Waals surface area contributed by atoms with Crippen LogP contribution in [-0.2, 0) is 6.54 Å². The lowest BCUT2D eigenvalue weighted by Crippen LogP contribution is -2.11. The monoisotopic (exact) mass is 285 g/mol. The first kappa shape index (κ1) is 14.1. The third-order valence-corrected chi connectivity index (χ3v) is 4.21. The topological polar surface area (TPSA) is 23.4 Å². The molecule has 1 heterocycles. The number of hydrogen-bond acceptors (Lipinski definition) is 2. The van der Waals surface area contributed by atoms with Crippen molar-refractivity contribution in [3.8, 4) is 22.6 Å². The Morgan fingerprint density at radius 3 is 2.57 bits per heavy atom. The third-order valence-electron chi connectivity index (χ3n) is 4.21. The summed E-state index contributed by atoms with van der Waals surface area (Å²) in [4.78, 5) is 0. The summed E-state index contributed by atoms with van der Waals surface area (Å²) < 4.78 is 13.8. The van der Waals surface area contributed by atoms with Gasteiger partial charge in [-0.1, -0.05) is 6.07 Å². The first-order valence-corrected chi connectivity index (χ1v) is 7.81. The van der Waals surface area contributed by atoms with Crippen molar-refractivity contribution < 1.29 is 9.47 Å². The average Bonchev–Trinajstić information content (AvgIpc) is 3.18. The van der Waals surface area contributed by atoms with E-state index in [-0.39, 0.29) is 0 Å². The molecule has 0 saturated heterocycles. The molecule has 2 aromatic rings. The maximum atomic E-state index is 6.16.